The van der Waals surface area contributed by atoms with Crippen LogP contribution in [0.2, 0.25) is 0 Å². The third kappa shape index (κ3) is 3.05. The van der Waals surface area contributed by atoms with Crippen LogP contribution in [0.25, 0.3) is 0 Å². The van der Waals surface area contributed by atoms with E-state index < -0.39 is 0 Å². The Morgan fingerprint density at radius 3 is 2.86 bits per heavy atom. The lowest BCUT2D eigenvalue weighted by atomic mass is 10.1. The van der Waals surface area contributed by atoms with Crippen molar-refractivity contribution in [3.8, 4) is 0 Å². The van der Waals surface area contributed by atoms with Crippen molar-refractivity contribution in [2.45, 2.75) is 26.2 Å². The monoisotopic (exact) mass is 281 g/mol. The molecule has 1 heterocycles. The largest absolute Gasteiger partial charge is 0.385 e. The zero-order chi connectivity index (χ0) is 14.7. The Balaban J connectivity index is 1.75. The molecule has 0 atom stereocenters. The van der Waals surface area contributed by atoms with Gasteiger partial charge in [0.2, 0.25) is 0 Å². The molecule has 4 heteroatoms. The molecule has 2 N–H and O–H groups in total. The van der Waals surface area contributed by atoms with E-state index in [2.05, 4.69) is 27.8 Å². The molecular weight excluding hydrogens is 262 g/mol. The van der Waals surface area contributed by atoms with E-state index in [1.165, 1.54) is 17.5 Å². The fraction of sp³-hybridized carbons (Fsp3) is 0.294. The summed E-state index contributed by atoms with van der Waals surface area (Å²) in [5.74, 6) is -0.173. The number of aromatic nitrogens is 1. The maximum Gasteiger partial charge on any atom is 0.274 e. The predicted octanol–water partition coefficient (Wildman–Crippen LogP) is 3.25. The number of anilines is 2. The van der Waals surface area contributed by atoms with Gasteiger partial charge in [-0.2, -0.15) is 0 Å². The second kappa shape index (κ2) is 5.95. The molecule has 21 heavy (non-hydrogen) atoms. The van der Waals surface area contributed by atoms with Crippen LogP contribution < -0.4 is 10.6 Å². The zero-order valence-electron chi connectivity index (χ0n) is 12.1. The Morgan fingerprint density at radius 2 is 2.00 bits per heavy atom. The van der Waals surface area contributed by atoms with Crippen molar-refractivity contribution in [3.05, 3.63) is 53.3 Å². The molecule has 3 rings (SSSR count). The first-order valence-electron chi connectivity index (χ1n) is 7.39. The Labute approximate surface area is 124 Å². The van der Waals surface area contributed by atoms with Gasteiger partial charge in [-0.1, -0.05) is 6.07 Å². The van der Waals surface area contributed by atoms with Crippen molar-refractivity contribution in [3.63, 3.8) is 0 Å². The van der Waals surface area contributed by atoms with E-state index in [-0.39, 0.29) is 5.91 Å². The average molecular weight is 281 g/mol. The molecule has 0 saturated carbocycles. The van der Waals surface area contributed by atoms with Crippen molar-refractivity contribution >= 4 is 17.3 Å². The number of carbonyl (C=O) groups is 1. The molecule has 0 unspecified atom stereocenters. The maximum absolute atomic E-state index is 12.3. The fourth-order valence-electron chi connectivity index (χ4n) is 2.71. The molecule has 4 nitrogen and oxygen atoms in total. The standard InChI is InChI=1S/C17H19N3O/c1-2-18-14-8-9-19-16(11-14)17(21)20-15-7-6-12-4-3-5-13(12)10-15/h6-11H,2-5H2,1H3,(H,18,19)(H,20,21). The summed E-state index contributed by atoms with van der Waals surface area (Å²) in [6, 6.07) is 9.78. The summed E-state index contributed by atoms with van der Waals surface area (Å²) in [5, 5.41) is 6.11. The van der Waals surface area contributed by atoms with Gasteiger partial charge in [-0.3, -0.25) is 9.78 Å². The third-order valence-corrected chi connectivity index (χ3v) is 3.73. The molecule has 1 aromatic carbocycles. The van der Waals surface area contributed by atoms with Gasteiger partial charge < -0.3 is 10.6 Å². The number of hydrogen-bond donors (Lipinski definition) is 2. The van der Waals surface area contributed by atoms with Gasteiger partial charge in [0.05, 0.1) is 0 Å². The Bertz CT molecular complexity index is 667. The molecule has 1 aliphatic rings. The molecule has 0 fully saturated rings. The van der Waals surface area contributed by atoms with Crippen LogP contribution in [0.3, 0.4) is 0 Å². The van der Waals surface area contributed by atoms with Crippen molar-refractivity contribution in [1.29, 1.82) is 0 Å². The summed E-state index contributed by atoms with van der Waals surface area (Å²) >= 11 is 0. The first kappa shape index (κ1) is 13.6. The summed E-state index contributed by atoms with van der Waals surface area (Å²) in [7, 11) is 0. The second-order valence-corrected chi connectivity index (χ2v) is 5.25. The van der Waals surface area contributed by atoms with Gasteiger partial charge in [0, 0.05) is 24.1 Å². The number of nitrogens with zero attached hydrogens (tertiary/aromatic N) is 1. The molecule has 0 radical (unpaired) electrons. The molecule has 1 amide bonds. The highest BCUT2D eigenvalue weighted by Gasteiger charge is 2.13. The number of carbonyl (C=O) groups excluding carboxylic acids is 1. The topological polar surface area (TPSA) is 54.0 Å². The van der Waals surface area contributed by atoms with E-state index in [9.17, 15) is 4.79 Å². The molecule has 0 bridgehead atoms. The van der Waals surface area contributed by atoms with E-state index in [0.717, 1.165) is 30.8 Å². The number of aryl methyl sites for hydroxylation is 2. The lowest BCUT2D eigenvalue weighted by molar-refractivity contribution is 0.102. The zero-order valence-corrected chi connectivity index (χ0v) is 12.1. The molecule has 2 aromatic rings. The van der Waals surface area contributed by atoms with Gasteiger partial charge in [0.1, 0.15) is 5.69 Å². The molecule has 108 valence electrons. The lowest BCUT2D eigenvalue weighted by Crippen LogP contribution is -2.14. The van der Waals surface area contributed by atoms with Crippen LogP contribution in [0.1, 0.15) is 35.0 Å². The van der Waals surface area contributed by atoms with Crippen LogP contribution in [0.15, 0.2) is 36.5 Å². The van der Waals surface area contributed by atoms with Crippen molar-refractivity contribution < 1.29 is 4.79 Å². The minimum atomic E-state index is -0.173. The minimum absolute atomic E-state index is 0.173. The molecule has 0 saturated heterocycles. The summed E-state index contributed by atoms with van der Waals surface area (Å²) in [6.07, 6.45) is 5.11. The van der Waals surface area contributed by atoms with Gasteiger partial charge in [0.25, 0.3) is 5.91 Å². The normalized spacial score (nSPS) is 12.8. The van der Waals surface area contributed by atoms with Crippen molar-refractivity contribution in [2.75, 3.05) is 17.2 Å². The molecule has 1 aliphatic carbocycles. The van der Waals surface area contributed by atoms with Crippen molar-refractivity contribution in [1.82, 2.24) is 4.98 Å². The van der Waals surface area contributed by atoms with E-state index in [0.29, 0.717) is 5.69 Å². The lowest BCUT2D eigenvalue weighted by Gasteiger charge is -2.08. The summed E-state index contributed by atoms with van der Waals surface area (Å²) in [5.41, 5.74) is 4.93. The summed E-state index contributed by atoms with van der Waals surface area (Å²) in [4.78, 5) is 16.4. The van der Waals surface area contributed by atoms with Gasteiger partial charge in [-0.25, -0.2) is 0 Å². The number of nitrogens with one attached hydrogen (secondary N) is 2. The number of pyridine rings is 1. The number of hydrogen-bond acceptors (Lipinski definition) is 3. The average Bonchev–Trinajstić information content (AvgIpc) is 2.95. The Morgan fingerprint density at radius 1 is 1.14 bits per heavy atom. The molecule has 1 aromatic heterocycles. The maximum atomic E-state index is 12.3. The Hall–Kier alpha value is -2.36. The minimum Gasteiger partial charge on any atom is -0.385 e. The number of benzene rings is 1. The van der Waals surface area contributed by atoms with Crippen LogP contribution in [0.4, 0.5) is 11.4 Å². The second-order valence-electron chi connectivity index (χ2n) is 5.25. The smallest absolute Gasteiger partial charge is 0.274 e. The van der Waals surface area contributed by atoms with E-state index in [1.807, 2.05) is 19.1 Å². The first-order valence-corrected chi connectivity index (χ1v) is 7.39. The number of amides is 1. The van der Waals surface area contributed by atoms with Crippen LogP contribution in [-0.2, 0) is 12.8 Å². The van der Waals surface area contributed by atoms with E-state index in [1.54, 1.807) is 12.3 Å². The summed E-state index contributed by atoms with van der Waals surface area (Å²) < 4.78 is 0. The Kier molecular flexibility index (Phi) is 3.86. The quantitative estimate of drug-likeness (QED) is 0.904. The van der Waals surface area contributed by atoms with Gasteiger partial charge in [-0.05, 0) is 61.6 Å². The highest BCUT2D eigenvalue weighted by Crippen LogP contribution is 2.25. The van der Waals surface area contributed by atoms with Crippen LogP contribution in [-0.4, -0.2) is 17.4 Å². The fourth-order valence-corrected chi connectivity index (χ4v) is 2.71. The van der Waals surface area contributed by atoms with Crippen LogP contribution >= 0.6 is 0 Å². The van der Waals surface area contributed by atoms with E-state index >= 15 is 0 Å². The highest BCUT2D eigenvalue weighted by molar-refractivity contribution is 6.03. The predicted molar refractivity (Wildman–Crippen MR) is 84.8 cm³/mol. The van der Waals surface area contributed by atoms with Crippen LogP contribution in [0, 0.1) is 0 Å². The SMILES string of the molecule is CCNc1ccnc(C(=O)Nc2ccc3c(c2)CCC3)c1. The van der Waals surface area contributed by atoms with Gasteiger partial charge in [-0.15, -0.1) is 0 Å². The molecule has 0 spiro atoms. The highest BCUT2D eigenvalue weighted by atomic mass is 16.1. The molecule has 0 aliphatic heterocycles. The van der Waals surface area contributed by atoms with Gasteiger partial charge >= 0.3 is 0 Å². The third-order valence-electron chi connectivity index (χ3n) is 3.73. The molecular formula is C17H19N3O. The first-order chi connectivity index (χ1) is 10.3. The number of rotatable bonds is 4. The van der Waals surface area contributed by atoms with E-state index in [4.69, 9.17) is 0 Å². The number of fused-ring (bicyclic) bond motifs is 1. The van der Waals surface area contributed by atoms with Crippen molar-refractivity contribution in [2.24, 2.45) is 0 Å². The van der Waals surface area contributed by atoms with Gasteiger partial charge in [0.15, 0.2) is 0 Å². The summed E-state index contributed by atoms with van der Waals surface area (Å²) in [6.45, 7) is 2.83. The van der Waals surface area contributed by atoms with Crippen LogP contribution in [0.5, 0.6) is 0 Å².